The molecule has 25 heavy (non-hydrogen) atoms. The van der Waals surface area contributed by atoms with E-state index in [1.54, 1.807) is 18.1 Å². The standard InChI is InChI=1S/C20H26N2O2S/c1-5-7-8-18-21-15(3)19(25-18)20(23)22(13-6-2)14-16-9-11-17(24-4)12-10-16/h6,9-12H,2,5,7-8,13-14H2,1,3-4H3. The molecule has 5 heteroatoms. The average molecular weight is 359 g/mol. The lowest BCUT2D eigenvalue weighted by Gasteiger charge is -2.21. The van der Waals surface area contributed by atoms with E-state index in [1.807, 2.05) is 31.2 Å². The van der Waals surface area contributed by atoms with Gasteiger partial charge in [0.15, 0.2) is 0 Å². The first kappa shape index (κ1) is 19.2. The molecule has 0 atom stereocenters. The van der Waals surface area contributed by atoms with Crippen LogP contribution in [0.15, 0.2) is 36.9 Å². The number of hydrogen-bond donors (Lipinski definition) is 0. The summed E-state index contributed by atoms with van der Waals surface area (Å²) < 4.78 is 5.19. The Labute approximate surface area is 154 Å². The van der Waals surface area contributed by atoms with Gasteiger partial charge in [-0.3, -0.25) is 4.79 Å². The summed E-state index contributed by atoms with van der Waals surface area (Å²) >= 11 is 1.52. The van der Waals surface area contributed by atoms with Crippen molar-refractivity contribution in [2.24, 2.45) is 0 Å². The molecule has 0 radical (unpaired) electrons. The van der Waals surface area contributed by atoms with Crippen molar-refractivity contribution in [1.29, 1.82) is 0 Å². The van der Waals surface area contributed by atoms with E-state index in [1.165, 1.54) is 11.3 Å². The van der Waals surface area contributed by atoms with Crippen LogP contribution in [0.2, 0.25) is 0 Å². The second kappa shape index (κ2) is 9.37. The second-order valence-electron chi connectivity index (χ2n) is 5.95. The summed E-state index contributed by atoms with van der Waals surface area (Å²) in [5.74, 6) is 0.831. The molecule has 0 aliphatic heterocycles. The molecule has 0 aliphatic rings. The molecule has 0 saturated carbocycles. The molecule has 1 heterocycles. The van der Waals surface area contributed by atoms with Gasteiger partial charge in [-0.1, -0.05) is 31.6 Å². The van der Waals surface area contributed by atoms with Gasteiger partial charge in [0.25, 0.3) is 5.91 Å². The Morgan fingerprint density at radius 2 is 2.08 bits per heavy atom. The number of aryl methyl sites for hydroxylation is 2. The highest BCUT2D eigenvalue weighted by Crippen LogP contribution is 2.23. The van der Waals surface area contributed by atoms with E-state index in [4.69, 9.17) is 4.74 Å². The van der Waals surface area contributed by atoms with E-state index in [2.05, 4.69) is 18.5 Å². The van der Waals surface area contributed by atoms with Crippen LogP contribution in [-0.2, 0) is 13.0 Å². The van der Waals surface area contributed by atoms with Crippen LogP contribution in [0.1, 0.15) is 45.7 Å². The van der Waals surface area contributed by atoms with Gasteiger partial charge >= 0.3 is 0 Å². The zero-order valence-electron chi connectivity index (χ0n) is 15.2. The minimum atomic E-state index is 0.0217. The third-order valence-electron chi connectivity index (χ3n) is 3.95. The van der Waals surface area contributed by atoms with Crippen molar-refractivity contribution in [2.75, 3.05) is 13.7 Å². The molecule has 2 rings (SSSR count). The second-order valence-corrected chi connectivity index (χ2v) is 7.03. The fraction of sp³-hybridized carbons (Fsp3) is 0.400. The predicted molar refractivity (Wildman–Crippen MR) is 103 cm³/mol. The van der Waals surface area contributed by atoms with Crippen molar-refractivity contribution in [3.05, 3.63) is 58.1 Å². The zero-order valence-corrected chi connectivity index (χ0v) is 16.1. The van der Waals surface area contributed by atoms with E-state index < -0.39 is 0 Å². The van der Waals surface area contributed by atoms with Gasteiger partial charge in [-0.25, -0.2) is 4.98 Å². The van der Waals surface area contributed by atoms with Crippen LogP contribution in [0.4, 0.5) is 0 Å². The highest BCUT2D eigenvalue weighted by Gasteiger charge is 2.21. The number of unbranched alkanes of at least 4 members (excludes halogenated alkanes) is 1. The normalized spacial score (nSPS) is 10.5. The lowest BCUT2D eigenvalue weighted by atomic mass is 10.2. The summed E-state index contributed by atoms with van der Waals surface area (Å²) in [4.78, 5) is 20.1. The van der Waals surface area contributed by atoms with Crippen molar-refractivity contribution >= 4 is 17.2 Å². The number of methoxy groups -OCH3 is 1. The number of hydrogen-bond acceptors (Lipinski definition) is 4. The largest absolute Gasteiger partial charge is 0.497 e. The minimum absolute atomic E-state index is 0.0217. The summed E-state index contributed by atoms with van der Waals surface area (Å²) in [6, 6.07) is 7.78. The Morgan fingerprint density at radius 1 is 1.36 bits per heavy atom. The van der Waals surface area contributed by atoms with E-state index in [-0.39, 0.29) is 5.91 Å². The number of amides is 1. The molecule has 0 saturated heterocycles. The van der Waals surface area contributed by atoms with Crippen LogP contribution in [0, 0.1) is 6.92 Å². The third-order valence-corrected chi connectivity index (χ3v) is 5.15. The Morgan fingerprint density at radius 3 is 2.68 bits per heavy atom. The molecule has 134 valence electrons. The topological polar surface area (TPSA) is 42.4 Å². The molecule has 1 amide bonds. The summed E-state index contributed by atoms with van der Waals surface area (Å²) in [6.45, 7) is 8.91. The molecular weight excluding hydrogens is 332 g/mol. The fourth-order valence-corrected chi connectivity index (χ4v) is 3.63. The maximum atomic E-state index is 13.0. The summed E-state index contributed by atoms with van der Waals surface area (Å²) in [6.07, 6.45) is 4.93. The molecule has 0 bridgehead atoms. The van der Waals surface area contributed by atoms with Gasteiger partial charge in [-0.2, -0.15) is 0 Å². The maximum absolute atomic E-state index is 13.0. The summed E-state index contributed by atoms with van der Waals surface area (Å²) in [5, 5.41) is 1.05. The fourth-order valence-electron chi connectivity index (χ4n) is 2.56. The predicted octanol–water partition coefficient (Wildman–Crippen LogP) is 4.63. The molecule has 2 aromatic rings. The van der Waals surface area contributed by atoms with Crippen molar-refractivity contribution in [3.63, 3.8) is 0 Å². The number of carbonyl (C=O) groups excluding carboxylic acids is 1. The van der Waals surface area contributed by atoms with Crippen molar-refractivity contribution in [2.45, 2.75) is 39.7 Å². The number of benzene rings is 1. The summed E-state index contributed by atoms with van der Waals surface area (Å²) in [5.41, 5.74) is 1.88. The van der Waals surface area contributed by atoms with E-state index in [9.17, 15) is 4.79 Å². The van der Waals surface area contributed by atoms with Crippen LogP contribution in [-0.4, -0.2) is 29.4 Å². The van der Waals surface area contributed by atoms with Crippen LogP contribution < -0.4 is 4.74 Å². The van der Waals surface area contributed by atoms with Crippen LogP contribution >= 0.6 is 11.3 Å². The Balaban J connectivity index is 2.16. The molecule has 4 nitrogen and oxygen atoms in total. The van der Waals surface area contributed by atoms with Crippen LogP contribution in [0.3, 0.4) is 0 Å². The number of carbonyl (C=O) groups is 1. The molecule has 0 unspecified atom stereocenters. The first-order valence-corrected chi connectivity index (χ1v) is 9.40. The number of ether oxygens (including phenoxy) is 1. The first-order chi connectivity index (χ1) is 12.1. The third kappa shape index (κ3) is 5.16. The van der Waals surface area contributed by atoms with Gasteiger partial charge in [0.2, 0.25) is 0 Å². The highest BCUT2D eigenvalue weighted by molar-refractivity contribution is 7.13. The van der Waals surface area contributed by atoms with Gasteiger partial charge in [0.1, 0.15) is 10.6 Å². The van der Waals surface area contributed by atoms with E-state index in [0.717, 1.165) is 46.2 Å². The monoisotopic (exact) mass is 358 g/mol. The molecule has 1 aromatic heterocycles. The maximum Gasteiger partial charge on any atom is 0.266 e. The van der Waals surface area contributed by atoms with Crippen molar-refractivity contribution in [3.8, 4) is 5.75 Å². The summed E-state index contributed by atoms with van der Waals surface area (Å²) in [7, 11) is 1.64. The minimum Gasteiger partial charge on any atom is -0.497 e. The lowest BCUT2D eigenvalue weighted by molar-refractivity contribution is 0.0766. The van der Waals surface area contributed by atoms with Crippen molar-refractivity contribution < 1.29 is 9.53 Å². The van der Waals surface area contributed by atoms with Gasteiger partial charge in [-0.05, 0) is 37.5 Å². The average Bonchev–Trinajstić information content (AvgIpc) is 3.00. The smallest absolute Gasteiger partial charge is 0.266 e. The molecule has 0 fully saturated rings. The van der Waals surface area contributed by atoms with Gasteiger partial charge < -0.3 is 9.64 Å². The molecule has 0 N–H and O–H groups in total. The number of nitrogens with zero attached hydrogens (tertiary/aromatic N) is 2. The molecule has 0 aliphatic carbocycles. The molecular formula is C20H26N2O2S. The zero-order chi connectivity index (χ0) is 18.2. The number of rotatable bonds is 9. The van der Waals surface area contributed by atoms with Gasteiger partial charge in [0.05, 0.1) is 17.8 Å². The van der Waals surface area contributed by atoms with Gasteiger partial charge in [0, 0.05) is 13.1 Å². The Hall–Kier alpha value is -2.14. The number of thiazole rings is 1. The Kier molecular flexibility index (Phi) is 7.19. The van der Waals surface area contributed by atoms with E-state index >= 15 is 0 Å². The lowest BCUT2D eigenvalue weighted by Crippen LogP contribution is -2.30. The quantitative estimate of drug-likeness (QED) is 0.614. The number of aromatic nitrogens is 1. The van der Waals surface area contributed by atoms with E-state index in [0.29, 0.717) is 13.1 Å². The molecule has 1 aromatic carbocycles. The first-order valence-electron chi connectivity index (χ1n) is 8.58. The van der Waals surface area contributed by atoms with Crippen LogP contribution in [0.25, 0.3) is 0 Å². The molecule has 0 spiro atoms. The van der Waals surface area contributed by atoms with Crippen molar-refractivity contribution in [1.82, 2.24) is 9.88 Å². The van der Waals surface area contributed by atoms with Crippen LogP contribution in [0.5, 0.6) is 5.75 Å². The van der Waals surface area contributed by atoms with Gasteiger partial charge in [-0.15, -0.1) is 17.9 Å². The SMILES string of the molecule is C=CCN(Cc1ccc(OC)cc1)C(=O)c1sc(CCCC)nc1C. The highest BCUT2D eigenvalue weighted by atomic mass is 32.1. The Bertz CT molecular complexity index is 707.